The summed E-state index contributed by atoms with van der Waals surface area (Å²) in [5.41, 5.74) is 1.22. The molecule has 0 aliphatic rings. The van der Waals surface area contributed by atoms with Gasteiger partial charge in [-0.25, -0.2) is 13.4 Å². The maximum atomic E-state index is 12.7. The van der Waals surface area contributed by atoms with Crippen LogP contribution in [0.3, 0.4) is 0 Å². The van der Waals surface area contributed by atoms with Gasteiger partial charge in [0.1, 0.15) is 0 Å². The highest BCUT2D eigenvalue weighted by Gasteiger charge is 2.17. The molecule has 0 atom stereocenters. The SMILES string of the molecule is CC(C)(C)c1ccc(S(=O)(=O)Nc2ccc(F)nc2)cc1. The number of benzene rings is 1. The van der Waals surface area contributed by atoms with Crippen molar-refractivity contribution in [2.24, 2.45) is 0 Å². The summed E-state index contributed by atoms with van der Waals surface area (Å²) in [7, 11) is -3.70. The van der Waals surface area contributed by atoms with E-state index >= 15 is 0 Å². The third kappa shape index (κ3) is 3.78. The van der Waals surface area contributed by atoms with Crippen LogP contribution in [0.15, 0.2) is 47.5 Å². The third-order valence-electron chi connectivity index (χ3n) is 3.01. The summed E-state index contributed by atoms with van der Waals surface area (Å²) in [5.74, 6) is -0.660. The monoisotopic (exact) mass is 308 g/mol. The van der Waals surface area contributed by atoms with E-state index in [9.17, 15) is 12.8 Å². The fraction of sp³-hybridized carbons (Fsp3) is 0.267. The highest BCUT2D eigenvalue weighted by atomic mass is 32.2. The van der Waals surface area contributed by atoms with Crippen molar-refractivity contribution >= 4 is 15.7 Å². The minimum absolute atomic E-state index is 0.0450. The van der Waals surface area contributed by atoms with Crippen LogP contribution in [0.4, 0.5) is 10.1 Å². The van der Waals surface area contributed by atoms with Crippen LogP contribution in [0, 0.1) is 5.95 Å². The number of nitrogens with zero attached hydrogens (tertiary/aromatic N) is 1. The molecule has 0 fully saturated rings. The molecule has 21 heavy (non-hydrogen) atoms. The quantitative estimate of drug-likeness (QED) is 0.885. The van der Waals surface area contributed by atoms with E-state index in [1.54, 1.807) is 24.3 Å². The molecule has 4 nitrogen and oxygen atoms in total. The minimum Gasteiger partial charge on any atom is -0.278 e. The van der Waals surface area contributed by atoms with Crippen molar-refractivity contribution in [2.75, 3.05) is 4.72 Å². The molecule has 0 amide bonds. The average molecular weight is 308 g/mol. The van der Waals surface area contributed by atoms with Gasteiger partial charge in [0.2, 0.25) is 5.95 Å². The van der Waals surface area contributed by atoms with Gasteiger partial charge in [-0.05, 0) is 35.2 Å². The second-order valence-electron chi connectivity index (χ2n) is 5.75. The molecule has 1 N–H and O–H groups in total. The summed E-state index contributed by atoms with van der Waals surface area (Å²) < 4.78 is 39.5. The first kappa shape index (κ1) is 15.4. The highest BCUT2D eigenvalue weighted by Crippen LogP contribution is 2.24. The molecular formula is C15H17FN2O2S. The maximum Gasteiger partial charge on any atom is 0.261 e. The number of hydrogen-bond donors (Lipinski definition) is 1. The van der Waals surface area contributed by atoms with Gasteiger partial charge in [-0.15, -0.1) is 0 Å². The van der Waals surface area contributed by atoms with Gasteiger partial charge >= 0.3 is 0 Å². The van der Waals surface area contributed by atoms with E-state index in [2.05, 4.69) is 30.5 Å². The number of pyridine rings is 1. The maximum absolute atomic E-state index is 12.7. The zero-order valence-corrected chi connectivity index (χ0v) is 12.9. The summed E-state index contributed by atoms with van der Waals surface area (Å²) in [6.45, 7) is 6.16. The van der Waals surface area contributed by atoms with Gasteiger partial charge < -0.3 is 0 Å². The predicted octanol–water partition coefficient (Wildman–Crippen LogP) is 3.32. The summed E-state index contributed by atoms with van der Waals surface area (Å²) in [6, 6.07) is 9.11. The lowest BCUT2D eigenvalue weighted by atomic mass is 9.87. The van der Waals surface area contributed by atoms with E-state index in [4.69, 9.17) is 0 Å². The first-order chi connectivity index (χ1) is 9.68. The molecule has 0 aliphatic carbocycles. The van der Waals surface area contributed by atoms with Crippen LogP contribution in [-0.4, -0.2) is 13.4 Å². The first-order valence-electron chi connectivity index (χ1n) is 6.43. The van der Waals surface area contributed by atoms with Gasteiger partial charge in [-0.2, -0.15) is 4.39 Å². The van der Waals surface area contributed by atoms with E-state index in [-0.39, 0.29) is 16.0 Å². The fourth-order valence-corrected chi connectivity index (χ4v) is 2.83. The second-order valence-corrected chi connectivity index (χ2v) is 7.43. The molecule has 0 aliphatic heterocycles. The fourth-order valence-electron chi connectivity index (χ4n) is 1.78. The van der Waals surface area contributed by atoms with E-state index in [0.29, 0.717) is 0 Å². The Kier molecular flexibility index (Phi) is 4.00. The molecule has 112 valence electrons. The summed E-state index contributed by atoms with van der Waals surface area (Å²) in [4.78, 5) is 3.56. The highest BCUT2D eigenvalue weighted by molar-refractivity contribution is 7.92. The van der Waals surface area contributed by atoms with E-state index in [1.807, 2.05) is 0 Å². The van der Waals surface area contributed by atoms with Crippen LogP contribution in [0.1, 0.15) is 26.3 Å². The topological polar surface area (TPSA) is 59.1 Å². The Bertz CT molecular complexity index is 718. The Hall–Kier alpha value is -1.95. The zero-order valence-electron chi connectivity index (χ0n) is 12.1. The lowest BCUT2D eigenvalue weighted by Crippen LogP contribution is -2.15. The molecule has 2 aromatic rings. The summed E-state index contributed by atoms with van der Waals surface area (Å²) in [5, 5.41) is 0. The van der Waals surface area contributed by atoms with Gasteiger partial charge in [-0.1, -0.05) is 32.9 Å². The molecule has 2 rings (SSSR count). The Morgan fingerprint density at radius 3 is 2.14 bits per heavy atom. The van der Waals surface area contributed by atoms with Gasteiger partial charge in [0.15, 0.2) is 0 Å². The number of sulfonamides is 1. The standard InChI is InChI=1S/C15H17FN2O2S/c1-15(2,3)11-4-7-13(8-5-11)21(19,20)18-12-6-9-14(16)17-10-12/h4-10,18H,1-3H3. The van der Waals surface area contributed by atoms with Gasteiger partial charge in [-0.3, -0.25) is 4.72 Å². The predicted molar refractivity (Wildman–Crippen MR) is 80.1 cm³/mol. The Balaban J connectivity index is 2.25. The van der Waals surface area contributed by atoms with E-state index in [0.717, 1.165) is 17.8 Å². The molecule has 1 aromatic heterocycles. The lowest BCUT2D eigenvalue weighted by Gasteiger charge is -2.19. The van der Waals surface area contributed by atoms with Crippen molar-refractivity contribution in [2.45, 2.75) is 31.1 Å². The largest absolute Gasteiger partial charge is 0.278 e. The Morgan fingerprint density at radius 2 is 1.67 bits per heavy atom. The number of nitrogens with one attached hydrogen (secondary N) is 1. The second kappa shape index (κ2) is 5.44. The summed E-state index contributed by atoms with van der Waals surface area (Å²) >= 11 is 0. The Morgan fingerprint density at radius 1 is 1.05 bits per heavy atom. The molecule has 0 saturated carbocycles. The molecule has 0 radical (unpaired) electrons. The van der Waals surface area contributed by atoms with Crippen molar-refractivity contribution in [3.05, 3.63) is 54.1 Å². The van der Waals surface area contributed by atoms with Gasteiger partial charge in [0.25, 0.3) is 10.0 Å². The van der Waals surface area contributed by atoms with Crippen molar-refractivity contribution in [1.29, 1.82) is 0 Å². The van der Waals surface area contributed by atoms with Crippen molar-refractivity contribution < 1.29 is 12.8 Å². The van der Waals surface area contributed by atoms with Crippen molar-refractivity contribution in [1.82, 2.24) is 4.98 Å². The first-order valence-corrected chi connectivity index (χ1v) is 7.92. The van der Waals surface area contributed by atoms with E-state index < -0.39 is 16.0 Å². The van der Waals surface area contributed by atoms with Crippen LogP contribution < -0.4 is 4.72 Å². The zero-order chi connectivity index (χ0) is 15.7. The number of anilines is 1. The molecule has 0 unspecified atom stereocenters. The molecule has 0 saturated heterocycles. The average Bonchev–Trinajstić information content (AvgIpc) is 2.40. The van der Waals surface area contributed by atoms with Crippen LogP contribution in [0.25, 0.3) is 0 Å². The normalized spacial score (nSPS) is 12.2. The number of halogens is 1. The van der Waals surface area contributed by atoms with Crippen molar-refractivity contribution in [3.63, 3.8) is 0 Å². The van der Waals surface area contributed by atoms with Gasteiger partial charge in [0.05, 0.1) is 16.8 Å². The van der Waals surface area contributed by atoms with Crippen LogP contribution >= 0.6 is 0 Å². The molecule has 0 bridgehead atoms. The minimum atomic E-state index is -3.70. The number of hydrogen-bond acceptors (Lipinski definition) is 3. The number of rotatable bonds is 3. The third-order valence-corrected chi connectivity index (χ3v) is 4.41. The van der Waals surface area contributed by atoms with E-state index in [1.165, 1.54) is 6.07 Å². The smallest absolute Gasteiger partial charge is 0.261 e. The van der Waals surface area contributed by atoms with Gasteiger partial charge in [0, 0.05) is 0 Å². The Labute approximate surface area is 124 Å². The number of aromatic nitrogens is 1. The van der Waals surface area contributed by atoms with Crippen LogP contribution in [-0.2, 0) is 15.4 Å². The van der Waals surface area contributed by atoms with Crippen LogP contribution in [0.5, 0.6) is 0 Å². The lowest BCUT2D eigenvalue weighted by molar-refractivity contribution is 0.583. The molecule has 1 aromatic carbocycles. The molecule has 1 heterocycles. The molecule has 0 spiro atoms. The van der Waals surface area contributed by atoms with Crippen molar-refractivity contribution in [3.8, 4) is 0 Å². The summed E-state index contributed by atoms with van der Waals surface area (Å²) in [6.07, 6.45) is 1.14. The molecular weight excluding hydrogens is 291 g/mol. The molecule has 6 heteroatoms. The van der Waals surface area contributed by atoms with Crippen LogP contribution in [0.2, 0.25) is 0 Å².